The quantitative estimate of drug-likeness (QED) is 0.199. The van der Waals surface area contributed by atoms with Gasteiger partial charge < -0.3 is 5.11 Å². The highest BCUT2D eigenvalue weighted by atomic mass is 16.3. The standard InChI is InChI=1S/C34H54O/c1-5-7-9-11-13-15-17-22-26-31-29(23-19-16-14-12-10-8-6-2)27-28-32(35)33(31)34(3,4)30-24-20-18-21-25-30/h18,20-21,24-25,27-28,35H,5-17,19,22-23,26H2,1-4H3. The fraction of sp³-hybridized carbons (Fsp3) is 0.647. The van der Waals surface area contributed by atoms with E-state index in [-0.39, 0.29) is 5.41 Å². The molecule has 2 aromatic rings. The normalized spacial score (nSPS) is 11.8. The van der Waals surface area contributed by atoms with E-state index in [9.17, 15) is 5.11 Å². The van der Waals surface area contributed by atoms with E-state index in [0.29, 0.717) is 5.75 Å². The lowest BCUT2D eigenvalue weighted by Crippen LogP contribution is -2.22. The molecule has 0 heterocycles. The van der Waals surface area contributed by atoms with Crippen LogP contribution in [0.15, 0.2) is 42.5 Å². The molecule has 0 atom stereocenters. The van der Waals surface area contributed by atoms with Crippen LogP contribution < -0.4 is 0 Å². The largest absolute Gasteiger partial charge is 0.508 e. The van der Waals surface area contributed by atoms with E-state index in [1.807, 2.05) is 6.07 Å². The second-order valence-corrected chi connectivity index (χ2v) is 11.2. The molecule has 0 saturated heterocycles. The van der Waals surface area contributed by atoms with Crippen molar-refractivity contribution in [3.63, 3.8) is 0 Å². The summed E-state index contributed by atoms with van der Waals surface area (Å²) in [4.78, 5) is 0. The first kappa shape index (κ1) is 29.5. The van der Waals surface area contributed by atoms with Crippen LogP contribution >= 0.6 is 0 Å². The Morgan fingerprint density at radius 2 is 1.06 bits per heavy atom. The van der Waals surface area contributed by atoms with Crippen molar-refractivity contribution in [2.45, 2.75) is 142 Å². The minimum Gasteiger partial charge on any atom is -0.508 e. The van der Waals surface area contributed by atoms with Crippen molar-refractivity contribution >= 4 is 0 Å². The molecule has 0 unspecified atom stereocenters. The van der Waals surface area contributed by atoms with Gasteiger partial charge in [-0.1, -0.05) is 148 Å². The molecule has 0 radical (unpaired) electrons. The summed E-state index contributed by atoms with van der Waals surface area (Å²) >= 11 is 0. The third-order valence-corrected chi connectivity index (χ3v) is 7.84. The topological polar surface area (TPSA) is 20.2 Å². The van der Waals surface area contributed by atoms with Gasteiger partial charge in [0.05, 0.1) is 0 Å². The smallest absolute Gasteiger partial charge is 0.119 e. The van der Waals surface area contributed by atoms with Crippen LogP contribution in [-0.2, 0) is 18.3 Å². The molecule has 2 rings (SSSR count). The number of benzene rings is 2. The van der Waals surface area contributed by atoms with E-state index < -0.39 is 0 Å². The highest BCUT2D eigenvalue weighted by Gasteiger charge is 2.30. The summed E-state index contributed by atoms with van der Waals surface area (Å²) in [5.41, 5.74) is 5.12. The summed E-state index contributed by atoms with van der Waals surface area (Å²) in [6.07, 6.45) is 22.3. The Morgan fingerprint density at radius 3 is 1.60 bits per heavy atom. The Labute approximate surface area is 217 Å². The first-order valence-electron chi connectivity index (χ1n) is 14.9. The summed E-state index contributed by atoms with van der Waals surface area (Å²) < 4.78 is 0. The van der Waals surface area contributed by atoms with Crippen molar-refractivity contribution in [3.8, 4) is 5.75 Å². The van der Waals surface area contributed by atoms with E-state index in [2.05, 4.69) is 64.1 Å². The van der Waals surface area contributed by atoms with Gasteiger partial charge in [-0.25, -0.2) is 0 Å². The van der Waals surface area contributed by atoms with Gasteiger partial charge in [0.1, 0.15) is 5.75 Å². The monoisotopic (exact) mass is 478 g/mol. The number of hydrogen-bond acceptors (Lipinski definition) is 1. The van der Waals surface area contributed by atoms with E-state index in [1.165, 1.54) is 113 Å². The predicted molar refractivity (Wildman–Crippen MR) is 155 cm³/mol. The van der Waals surface area contributed by atoms with E-state index in [1.54, 1.807) is 0 Å². The van der Waals surface area contributed by atoms with Crippen LogP contribution in [0.25, 0.3) is 0 Å². The Balaban J connectivity index is 2.12. The Hall–Kier alpha value is -1.76. The summed E-state index contributed by atoms with van der Waals surface area (Å²) in [6.45, 7) is 9.14. The maximum atomic E-state index is 11.1. The molecule has 0 amide bonds. The zero-order valence-electron chi connectivity index (χ0n) is 23.5. The zero-order valence-corrected chi connectivity index (χ0v) is 23.5. The highest BCUT2D eigenvalue weighted by molar-refractivity contribution is 5.53. The lowest BCUT2D eigenvalue weighted by Gasteiger charge is -2.31. The molecule has 2 aromatic carbocycles. The summed E-state index contributed by atoms with van der Waals surface area (Å²) in [7, 11) is 0. The fourth-order valence-corrected chi connectivity index (χ4v) is 5.60. The van der Waals surface area contributed by atoms with Gasteiger partial charge in [0, 0.05) is 11.0 Å². The Kier molecular flexibility index (Phi) is 14.2. The number of hydrogen-bond donors (Lipinski definition) is 1. The van der Waals surface area contributed by atoms with Gasteiger partial charge in [-0.15, -0.1) is 0 Å². The molecule has 196 valence electrons. The van der Waals surface area contributed by atoms with Gasteiger partial charge in [-0.3, -0.25) is 0 Å². The van der Waals surface area contributed by atoms with E-state index in [0.717, 1.165) is 18.4 Å². The summed E-state index contributed by atoms with van der Waals surface area (Å²) in [5.74, 6) is 0.469. The molecule has 0 aliphatic rings. The molecule has 0 spiro atoms. The van der Waals surface area contributed by atoms with Crippen LogP contribution in [0.4, 0.5) is 0 Å². The predicted octanol–water partition coefficient (Wildman–Crippen LogP) is 10.7. The van der Waals surface area contributed by atoms with Crippen LogP contribution in [0, 0.1) is 0 Å². The van der Waals surface area contributed by atoms with Gasteiger partial charge in [-0.2, -0.15) is 0 Å². The average molecular weight is 479 g/mol. The van der Waals surface area contributed by atoms with Crippen LogP contribution in [-0.4, -0.2) is 5.11 Å². The molecule has 1 nitrogen and oxygen atoms in total. The SMILES string of the molecule is CCCCCCCCCCc1c(CCCCCCCCC)ccc(O)c1C(C)(C)c1ccccc1. The van der Waals surface area contributed by atoms with Crippen molar-refractivity contribution in [1.29, 1.82) is 0 Å². The second kappa shape index (κ2) is 16.8. The van der Waals surface area contributed by atoms with Gasteiger partial charge >= 0.3 is 0 Å². The Bertz CT molecular complexity index is 805. The van der Waals surface area contributed by atoms with Crippen LogP contribution in [0.5, 0.6) is 5.75 Å². The van der Waals surface area contributed by atoms with Crippen molar-refractivity contribution < 1.29 is 5.11 Å². The fourth-order valence-electron chi connectivity index (χ4n) is 5.60. The number of rotatable bonds is 19. The average Bonchev–Trinajstić information content (AvgIpc) is 2.86. The third kappa shape index (κ3) is 10.0. The van der Waals surface area contributed by atoms with Crippen LogP contribution in [0.3, 0.4) is 0 Å². The number of aromatic hydroxyl groups is 1. The van der Waals surface area contributed by atoms with Crippen LogP contribution in [0.2, 0.25) is 0 Å². The lowest BCUT2D eigenvalue weighted by molar-refractivity contribution is 0.449. The molecule has 35 heavy (non-hydrogen) atoms. The van der Waals surface area contributed by atoms with Gasteiger partial charge in [-0.05, 0) is 48.4 Å². The number of aryl methyl sites for hydroxylation is 1. The number of phenols is 1. The molecule has 0 aromatic heterocycles. The first-order valence-corrected chi connectivity index (χ1v) is 14.9. The molecule has 0 aliphatic carbocycles. The first-order chi connectivity index (χ1) is 17.0. The van der Waals surface area contributed by atoms with Crippen molar-refractivity contribution in [2.24, 2.45) is 0 Å². The number of phenolic OH excluding ortho intramolecular Hbond substituents is 1. The highest BCUT2D eigenvalue weighted by Crippen LogP contribution is 2.41. The van der Waals surface area contributed by atoms with Gasteiger partial charge in [0.15, 0.2) is 0 Å². The third-order valence-electron chi connectivity index (χ3n) is 7.84. The molecular weight excluding hydrogens is 424 g/mol. The van der Waals surface area contributed by atoms with Crippen molar-refractivity contribution in [2.75, 3.05) is 0 Å². The molecule has 0 bridgehead atoms. The zero-order chi connectivity index (χ0) is 25.4. The molecule has 0 fully saturated rings. The van der Waals surface area contributed by atoms with Gasteiger partial charge in [0.2, 0.25) is 0 Å². The van der Waals surface area contributed by atoms with Crippen LogP contribution in [0.1, 0.15) is 146 Å². The molecular formula is C34H54O. The van der Waals surface area contributed by atoms with Crippen molar-refractivity contribution in [1.82, 2.24) is 0 Å². The summed E-state index contributed by atoms with van der Waals surface area (Å²) in [6, 6.07) is 14.9. The summed E-state index contributed by atoms with van der Waals surface area (Å²) in [5, 5.41) is 11.1. The molecule has 0 aliphatic heterocycles. The second-order valence-electron chi connectivity index (χ2n) is 11.2. The molecule has 0 saturated carbocycles. The minimum absolute atomic E-state index is 0.211. The van der Waals surface area contributed by atoms with Gasteiger partial charge in [0.25, 0.3) is 0 Å². The van der Waals surface area contributed by atoms with E-state index in [4.69, 9.17) is 0 Å². The Morgan fingerprint density at radius 1 is 0.571 bits per heavy atom. The molecule has 1 N–H and O–H groups in total. The maximum Gasteiger partial charge on any atom is 0.119 e. The molecule has 1 heteroatoms. The maximum absolute atomic E-state index is 11.1. The lowest BCUT2D eigenvalue weighted by atomic mass is 9.73. The van der Waals surface area contributed by atoms with E-state index >= 15 is 0 Å². The minimum atomic E-state index is -0.211. The van der Waals surface area contributed by atoms with Crippen molar-refractivity contribution in [3.05, 3.63) is 64.7 Å². The number of unbranched alkanes of at least 4 members (excludes halogenated alkanes) is 13.